The van der Waals surface area contributed by atoms with Crippen LogP contribution in [0, 0.1) is 13.8 Å². The molecule has 0 saturated heterocycles. The van der Waals surface area contributed by atoms with Crippen molar-refractivity contribution in [3.8, 4) is 5.75 Å². The van der Waals surface area contributed by atoms with Crippen LogP contribution < -0.4 is 4.74 Å². The molecule has 0 spiro atoms. The Morgan fingerprint density at radius 1 is 0.963 bits per heavy atom. The molecule has 0 aromatic heterocycles. The maximum Gasteiger partial charge on any atom is 0.206 e. The lowest BCUT2D eigenvalue weighted by molar-refractivity contribution is 0.104. The molecule has 0 saturated carbocycles. The van der Waals surface area contributed by atoms with Gasteiger partial charge in [0.15, 0.2) is 0 Å². The third-order valence-corrected chi connectivity index (χ3v) is 7.14. The van der Waals surface area contributed by atoms with Gasteiger partial charge >= 0.3 is 0 Å². The van der Waals surface area contributed by atoms with Gasteiger partial charge in [0.2, 0.25) is 9.84 Å². The summed E-state index contributed by atoms with van der Waals surface area (Å²) in [7, 11) is -3.55. The lowest BCUT2D eigenvalue weighted by atomic mass is 9.95. The first-order valence-corrected chi connectivity index (χ1v) is 11.2. The topological polar surface area (TPSA) is 43.4 Å². The zero-order chi connectivity index (χ0) is 20.4. The van der Waals surface area contributed by atoms with Crippen LogP contribution >= 0.6 is 0 Å². The fourth-order valence-electron chi connectivity index (χ4n) is 3.00. The zero-order valence-corrected chi connectivity index (χ0v) is 18.4. The molecule has 0 N–H and O–H groups in total. The van der Waals surface area contributed by atoms with Crippen LogP contribution in [-0.4, -0.2) is 14.0 Å². The van der Waals surface area contributed by atoms with Gasteiger partial charge in [0.25, 0.3) is 0 Å². The fraction of sp³-hybridized carbons (Fsp3) is 0.478. The Labute approximate surface area is 164 Å². The molecule has 0 aliphatic rings. The van der Waals surface area contributed by atoms with Gasteiger partial charge in [0.1, 0.15) is 11.4 Å². The third kappa shape index (κ3) is 4.73. The van der Waals surface area contributed by atoms with E-state index >= 15 is 0 Å². The van der Waals surface area contributed by atoms with Crippen LogP contribution in [0.25, 0.3) is 0 Å². The highest BCUT2D eigenvalue weighted by atomic mass is 32.2. The van der Waals surface area contributed by atoms with Gasteiger partial charge in [0.05, 0.1) is 9.79 Å². The third-order valence-electron chi connectivity index (χ3n) is 5.39. The van der Waals surface area contributed by atoms with E-state index in [1.807, 2.05) is 33.8 Å². The maximum absolute atomic E-state index is 13.1. The summed E-state index contributed by atoms with van der Waals surface area (Å²) >= 11 is 0. The minimum atomic E-state index is -3.55. The van der Waals surface area contributed by atoms with Crippen molar-refractivity contribution in [1.29, 1.82) is 0 Å². The average molecular weight is 389 g/mol. The molecule has 0 heterocycles. The molecule has 0 amide bonds. The van der Waals surface area contributed by atoms with Gasteiger partial charge in [-0.25, -0.2) is 8.42 Å². The van der Waals surface area contributed by atoms with Crippen molar-refractivity contribution in [2.75, 3.05) is 0 Å². The van der Waals surface area contributed by atoms with Crippen molar-refractivity contribution in [3.63, 3.8) is 0 Å². The van der Waals surface area contributed by atoms with Crippen molar-refractivity contribution in [1.82, 2.24) is 0 Å². The molecular formula is C23H32O3S. The smallest absolute Gasteiger partial charge is 0.206 e. The summed E-state index contributed by atoms with van der Waals surface area (Å²) in [6.07, 6.45) is 1.90. The Bertz CT molecular complexity index is 911. The molecule has 0 fully saturated rings. The molecule has 1 atom stereocenters. The summed E-state index contributed by atoms with van der Waals surface area (Å²) in [5.41, 5.74) is 2.77. The molecule has 2 rings (SSSR count). The second-order valence-corrected chi connectivity index (χ2v) is 9.92. The first-order valence-electron chi connectivity index (χ1n) is 9.67. The highest BCUT2D eigenvalue weighted by Gasteiger charge is 2.22. The van der Waals surface area contributed by atoms with E-state index in [0.29, 0.717) is 15.7 Å². The second-order valence-electron chi connectivity index (χ2n) is 7.97. The molecule has 1 unspecified atom stereocenters. The number of aryl methyl sites for hydroxylation is 2. The van der Waals surface area contributed by atoms with Crippen LogP contribution in [0.15, 0.2) is 46.2 Å². The Balaban J connectivity index is 2.40. The number of ether oxygens (including phenoxy) is 1. The van der Waals surface area contributed by atoms with Crippen molar-refractivity contribution < 1.29 is 13.2 Å². The van der Waals surface area contributed by atoms with Crippen LogP contribution in [0.1, 0.15) is 70.1 Å². The van der Waals surface area contributed by atoms with Gasteiger partial charge in [0, 0.05) is 0 Å². The lowest BCUT2D eigenvalue weighted by Crippen LogP contribution is -2.27. The molecule has 0 aliphatic heterocycles. The van der Waals surface area contributed by atoms with Gasteiger partial charge < -0.3 is 4.74 Å². The van der Waals surface area contributed by atoms with Gasteiger partial charge in [-0.15, -0.1) is 0 Å². The fourth-order valence-corrected chi connectivity index (χ4v) is 4.43. The summed E-state index contributed by atoms with van der Waals surface area (Å²) in [4.78, 5) is 0.645. The summed E-state index contributed by atoms with van der Waals surface area (Å²) in [6, 6.07) is 10.6. The molecule has 4 heteroatoms. The van der Waals surface area contributed by atoms with Crippen LogP contribution in [0.4, 0.5) is 0 Å². The molecule has 3 nitrogen and oxygen atoms in total. The molecule has 27 heavy (non-hydrogen) atoms. The van der Waals surface area contributed by atoms with Crippen LogP contribution in [0.3, 0.4) is 0 Å². The molecule has 2 aromatic carbocycles. The van der Waals surface area contributed by atoms with Crippen molar-refractivity contribution in [3.05, 3.63) is 53.1 Å². The summed E-state index contributed by atoms with van der Waals surface area (Å²) in [6.45, 7) is 14.3. The molecule has 148 valence electrons. The van der Waals surface area contributed by atoms with Gasteiger partial charge in [-0.3, -0.25) is 0 Å². The van der Waals surface area contributed by atoms with E-state index in [1.165, 1.54) is 5.56 Å². The number of benzene rings is 2. The molecular weight excluding hydrogens is 356 g/mol. The van der Waals surface area contributed by atoms with Gasteiger partial charge in [-0.1, -0.05) is 26.8 Å². The predicted octanol–water partition coefficient (Wildman–Crippen LogP) is 6.22. The number of hydrogen-bond donors (Lipinski definition) is 0. The van der Waals surface area contributed by atoms with E-state index in [1.54, 1.807) is 30.3 Å². The predicted molar refractivity (Wildman–Crippen MR) is 112 cm³/mol. The normalized spacial score (nSPS) is 13.4. The van der Waals surface area contributed by atoms with Gasteiger partial charge in [-0.05, 0) is 93.5 Å². The Morgan fingerprint density at radius 2 is 1.52 bits per heavy atom. The Hall–Kier alpha value is -1.81. The average Bonchev–Trinajstić information content (AvgIpc) is 2.62. The van der Waals surface area contributed by atoms with Crippen LogP contribution in [0.2, 0.25) is 0 Å². The number of hydrogen-bond acceptors (Lipinski definition) is 3. The summed E-state index contributed by atoms with van der Waals surface area (Å²) < 4.78 is 32.2. The second kappa shape index (κ2) is 8.05. The van der Waals surface area contributed by atoms with Crippen molar-refractivity contribution in [2.24, 2.45) is 0 Å². The standard InChI is InChI=1S/C23H32O3S/c1-8-16(3)21-12-10-19(14-17(21)4)27(24,25)20-11-13-22(18(5)15-20)26-23(6,7)9-2/h10-16H,8-9H2,1-7H3. The molecule has 0 radical (unpaired) electrons. The summed E-state index contributed by atoms with van der Waals surface area (Å²) in [5.74, 6) is 1.14. The SMILES string of the molecule is CCC(C)c1ccc(S(=O)(=O)c2ccc(OC(C)(C)CC)c(C)c2)cc1C. The minimum Gasteiger partial charge on any atom is -0.488 e. The zero-order valence-electron chi connectivity index (χ0n) is 17.6. The van der Waals surface area contributed by atoms with E-state index in [2.05, 4.69) is 20.8 Å². The van der Waals surface area contributed by atoms with Crippen LogP contribution in [-0.2, 0) is 9.84 Å². The Kier molecular flexibility index (Phi) is 6.41. The number of sulfone groups is 1. The van der Waals surface area contributed by atoms with E-state index < -0.39 is 9.84 Å². The lowest BCUT2D eigenvalue weighted by Gasteiger charge is -2.26. The van der Waals surface area contributed by atoms with Crippen molar-refractivity contribution >= 4 is 9.84 Å². The highest BCUT2D eigenvalue weighted by molar-refractivity contribution is 7.91. The number of rotatable bonds is 7. The monoisotopic (exact) mass is 388 g/mol. The quantitative estimate of drug-likeness (QED) is 0.566. The molecule has 0 aliphatic carbocycles. The largest absolute Gasteiger partial charge is 0.488 e. The van der Waals surface area contributed by atoms with E-state index in [0.717, 1.165) is 29.7 Å². The first kappa shape index (κ1) is 21.5. The molecule has 2 aromatic rings. The van der Waals surface area contributed by atoms with E-state index in [-0.39, 0.29) is 5.60 Å². The first-order chi connectivity index (χ1) is 12.5. The minimum absolute atomic E-state index is 0.284. The van der Waals surface area contributed by atoms with E-state index in [9.17, 15) is 8.42 Å². The van der Waals surface area contributed by atoms with E-state index in [4.69, 9.17) is 4.74 Å². The maximum atomic E-state index is 13.1. The summed E-state index contributed by atoms with van der Waals surface area (Å²) in [5, 5.41) is 0. The Morgan fingerprint density at radius 3 is 2.00 bits per heavy atom. The van der Waals surface area contributed by atoms with Crippen LogP contribution in [0.5, 0.6) is 5.75 Å². The van der Waals surface area contributed by atoms with Crippen molar-refractivity contribution in [2.45, 2.75) is 82.6 Å². The highest BCUT2D eigenvalue weighted by Crippen LogP contribution is 2.31. The van der Waals surface area contributed by atoms with Gasteiger partial charge in [-0.2, -0.15) is 0 Å². The molecule has 0 bridgehead atoms.